The summed E-state index contributed by atoms with van der Waals surface area (Å²) in [6, 6.07) is 22.7. The zero-order valence-corrected chi connectivity index (χ0v) is 26.7. The highest BCUT2D eigenvalue weighted by Crippen LogP contribution is 2.41. The second-order valence-electron chi connectivity index (χ2n) is 13.7. The van der Waals surface area contributed by atoms with Crippen molar-refractivity contribution in [2.45, 2.75) is 79.1 Å². The van der Waals surface area contributed by atoms with Gasteiger partial charge < -0.3 is 14.4 Å². The van der Waals surface area contributed by atoms with Gasteiger partial charge in [0, 0.05) is 30.8 Å². The monoisotopic (exact) mass is 596 g/mol. The third-order valence-corrected chi connectivity index (χ3v) is 7.84. The molecule has 2 aromatic carbocycles. The number of hydrogen-bond acceptors (Lipinski definition) is 7. The maximum absolute atomic E-state index is 12.4. The highest BCUT2D eigenvalue weighted by atomic mass is 16.6. The Bertz CT molecular complexity index is 1500. The number of piperidine rings is 1. The molecule has 1 amide bonds. The summed E-state index contributed by atoms with van der Waals surface area (Å²) < 4.78 is 11.5. The number of rotatable bonds is 8. The lowest BCUT2D eigenvalue weighted by atomic mass is 9.72. The number of benzene rings is 2. The van der Waals surface area contributed by atoms with Crippen LogP contribution in [0.15, 0.2) is 72.9 Å². The quantitative estimate of drug-likeness (QED) is 0.213. The smallest absolute Gasteiger partial charge is 0.410 e. The van der Waals surface area contributed by atoms with Crippen molar-refractivity contribution < 1.29 is 14.3 Å². The molecule has 44 heavy (non-hydrogen) atoms. The van der Waals surface area contributed by atoms with Crippen LogP contribution in [0.3, 0.4) is 0 Å². The van der Waals surface area contributed by atoms with Gasteiger partial charge in [0.2, 0.25) is 5.82 Å². The highest BCUT2D eigenvalue weighted by Gasteiger charge is 2.29. The summed E-state index contributed by atoms with van der Waals surface area (Å²) in [5.41, 5.74) is 3.82. The molecule has 3 heterocycles. The second kappa shape index (κ2) is 13.2. The largest absolute Gasteiger partial charge is 0.487 e. The van der Waals surface area contributed by atoms with Crippen LogP contribution in [0.2, 0.25) is 0 Å². The number of carbonyl (C=O) groups excluding carboxylic acids is 1. The lowest BCUT2D eigenvalue weighted by Crippen LogP contribution is -2.42. The van der Waals surface area contributed by atoms with E-state index in [2.05, 4.69) is 77.6 Å². The molecule has 0 spiro atoms. The first kappa shape index (κ1) is 31.2. The van der Waals surface area contributed by atoms with Crippen molar-refractivity contribution in [1.29, 1.82) is 0 Å². The zero-order chi connectivity index (χ0) is 31.3. The minimum absolute atomic E-state index is 0.00170. The summed E-state index contributed by atoms with van der Waals surface area (Å²) in [7, 11) is 0. The molecule has 9 nitrogen and oxygen atoms in total. The standard InChI is InChI=1S/C35H44N6O3/c1-34(2,3)31(27-14-16-30(17-15-27)43-24-29-9-7-8-20-36-29)26-10-12-28(13-11-26)32-37-39-41(38-32)23-25-18-21-40(22-19-25)33(42)44-35(4,5)6/h7-17,20,25,31H,18-19,21-24H2,1-6H3. The van der Waals surface area contributed by atoms with E-state index in [-0.39, 0.29) is 17.4 Å². The average molecular weight is 597 g/mol. The minimum Gasteiger partial charge on any atom is -0.487 e. The first-order valence-electron chi connectivity index (χ1n) is 15.4. The highest BCUT2D eigenvalue weighted by molar-refractivity contribution is 5.68. The molecule has 2 aromatic heterocycles. The van der Waals surface area contributed by atoms with E-state index in [1.54, 1.807) is 15.9 Å². The van der Waals surface area contributed by atoms with Gasteiger partial charge in [-0.25, -0.2) is 4.79 Å². The van der Waals surface area contributed by atoms with E-state index in [9.17, 15) is 4.79 Å². The predicted octanol–water partition coefficient (Wildman–Crippen LogP) is 7.14. The number of pyridine rings is 1. The molecule has 1 unspecified atom stereocenters. The van der Waals surface area contributed by atoms with Crippen molar-refractivity contribution in [2.75, 3.05) is 13.1 Å². The average Bonchev–Trinajstić information content (AvgIpc) is 3.45. The van der Waals surface area contributed by atoms with Crippen molar-refractivity contribution in [3.63, 3.8) is 0 Å². The summed E-state index contributed by atoms with van der Waals surface area (Å²) in [5, 5.41) is 13.4. The number of carbonyl (C=O) groups is 1. The van der Waals surface area contributed by atoms with Crippen LogP contribution in [0.4, 0.5) is 4.79 Å². The molecular formula is C35H44N6O3. The number of aromatic nitrogens is 5. The Morgan fingerprint density at radius 3 is 2.16 bits per heavy atom. The normalized spacial score (nSPS) is 15.2. The molecule has 0 aliphatic carbocycles. The van der Waals surface area contributed by atoms with Crippen LogP contribution in [0, 0.1) is 11.3 Å². The predicted molar refractivity (Wildman–Crippen MR) is 170 cm³/mol. The fourth-order valence-electron chi connectivity index (χ4n) is 5.71. The zero-order valence-electron chi connectivity index (χ0n) is 26.7. The summed E-state index contributed by atoms with van der Waals surface area (Å²) in [5.74, 6) is 2.02. The number of tetrazole rings is 1. The number of ether oxygens (including phenoxy) is 2. The number of nitrogens with zero attached hydrogens (tertiary/aromatic N) is 6. The van der Waals surface area contributed by atoms with Crippen molar-refractivity contribution in [2.24, 2.45) is 11.3 Å². The van der Waals surface area contributed by atoms with Crippen LogP contribution in [0.25, 0.3) is 11.4 Å². The van der Waals surface area contributed by atoms with Gasteiger partial charge in [-0.1, -0.05) is 63.2 Å². The molecule has 1 aliphatic rings. The molecule has 1 atom stereocenters. The van der Waals surface area contributed by atoms with Crippen LogP contribution < -0.4 is 4.74 Å². The van der Waals surface area contributed by atoms with Gasteiger partial charge in [-0.05, 0) is 85.6 Å². The van der Waals surface area contributed by atoms with Crippen LogP contribution >= 0.6 is 0 Å². The first-order chi connectivity index (χ1) is 20.9. The number of amides is 1. The van der Waals surface area contributed by atoms with E-state index in [0.717, 1.165) is 29.8 Å². The number of hydrogen-bond donors (Lipinski definition) is 0. The van der Waals surface area contributed by atoms with Gasteiger partial charge in [0.15, 0.2) is 0 Å². The third-order valence-electron chi connectivity index (χ3n) is 7.84. The van der Waals surface area contributed by atoms with Gasteiger partial charge >= 0.3 is 6.09 Å². The van der Waals surface area contributed by atoms with Crippen molar-refractivity contribution in [3.05, 3.63) is 89.7 Å². The Kier molecular flexibility index (Phi) is 9.32. The number of likely N-dealkylation sites (tertiary alicyclic amines) is 1. The van der Waals surface area contributed by atoms with Crippen molar-refractivity contribution in [1.82, 2.24) is 30.1 Å². The van der Waals surface area contributed by atoms with Gasteiger partial charge in [0.1, 0.15) is 18.0 Å². The Labute approximate surface area is 260 Å². The molecule has 0 bridgehead atoms. The Morgan fingerprint density at radius 2 is 1.57 bits per heavy atom. The van der Waals surface area contributed by atoms with E-state index >= 15 is 0 Å². The molecule has 0 N–H and O–H groups in total. The van der Waals surface area contributed by atoms with E-state index in [0.29, 0.717) is 38.0 Å². The van der Waals surface area contributed by atoms with Crippen LogP contribution in [-0.4, -0.2) is 54.9 Å². The van der Waals surface area contributed by atoms with E-state index < -0.39 is 5.60 Å². The molecule has 0 radical (unpaired) electrons. The molecule has 1 fully saturated rings. The van der Waals surface area contributed by atoms with Crippen molar-refractivity contribution in [3.8, 4) is 17.1 Å². The summed E-state index contributed by atoms with van der Waals surface area (Å²) in [6.45, 7) is 15.0. The Hall–Kier alpha value is -4.27. The van der Waals surface area contributed by atoms with Crippen LogP contribution in [0.1, 0.15) is 77.1 Å². The molecule has 5 rings (SSSR count). The van der Waals surface area contributed by atoms with Gasteiger partial charge in [0.25, 0.3) is 0 Å². The Morgan fingerprint density at radius 1 is 0.909 bits per heavy atom. The van der Waals surface area contributed by atoms with E-state index in [1.165, 1.54) is 11.1 Å². The Balaban J connectivity index is 1.20. The molecule has 9 heteroatoms. The maximum Gasteiger partial charge on any atom is 0.410 e. The second-order valence-corrected chi connectivity index (χ2v) is 13.7. The van der Waals surface area contributed by atoms with Gasteiger partial charge in [-0.3, -0.25) is 4.98 Å². The van der Waals surface area contributed by atoms with Gasteiger partial charge in [0.05, 0.1) is 12.2 Å². The van der Waals surface area contributed by atoms with E-state index in [4.69, 9.17) is 9.47 Å². The third kappa shape index (κ3) is 8.21. The van der Waals surface area contributed by atoms with Crippen molar-refractivity contribution >= 4 is 6.09 Å². The fraction of sp³-hybridized carbons (Fsp3) is 0.457. The molecule has 4 aromatic rings. The molecular weight excluding hydrogens is 552 g/mol. The first-order valence-corrected chi connectivity index (χ1v) is 15.4. The molecule has 0 saturated carbocycles. The topological polar surface area (TPSA) is 95.3 Å². The SMILES string of the molecule is CC(C)(C)OC(=O)N1CCC(Cn2nnc(-c3ccc(C(c4ccc(OCc5ccccn5)cc4)C(C)(C)C)cc3)n2)CC1. The molecule has 1 saturated heterocycles. The minimum atomic E-state index is -0.483. The lowest BCUT2D eigenvalue weighted by molar-refractivity contribution is 0.0175. The maximum atomic E-state index is 12.4. The summed E-state index contributed by atoms with van der Waals surface area (Å²) in [4.78, 5) is 20.2. The van der Waals surface area contributed by atoms with E-state index in [1.807, 2.05) is 51.1 Å². The van der Waals surface area contributed by atoms with Crippen LogP contribution in [0.5, 0.6) is 5.75 Å². The van der Waals surface area contributed by atoms with Gasteiger partial charge in [-0.15, -0.1) is 10.2 Å². The fourth-order valence-corrected chi connectivity index (χ4v) is 5.71. The molecule has 1 aliphatic heterocycles. The lowest BCUT2D eigenvalue weighted by Gasteiger charge is -2.33. The van der Waals surface area contributed by atoms with Crippen LogP contribution in [-0.2, 0) is 17.9 Å². The summed E-state index contributed by atoms with van der Waals surface area (Å²) in [6.07, 6.45) is 3.31. The summed E-state index contributed by atoms with van der Waals surface area (Å²) >= 11 is 0. The molecule has 232 valence electrons. The van der Waals surface area contributed by atoms with Gasteiger partial charge in [-0.2, -0.15) is 4.80 Å².